The maximum atomic E-state index is 11.9. The van der Waals surface area contributed by atoms with E-state index in [2.05, 4.69) is 0 Å². The molecule has 1 aromatic carbocycles. The summed E-state index contributed by atoms with van der Waals surface area (Å²) in [5.41, 5.74) is 2.40. The van der Waals surface area contributed by atoms with Gasteiger partial charge < -0.3 is 14.7 Å². The van der Waals surface area contributed by atoms with Crippen LogP contribution in [0.3, 0.4) is 0 Å². The Morgan fingerprint density at radius 1 is 1.42 bits per heavy atom. The number of nitrogens with zero attached hydrogens (tertiary/aromatic N) is 1. The van der Waals surface area contributed by atoms with Gasteiger partial charge in [0.2, 0.25) is 5.91 Å². The average Bonchev–Trinajstić information content (AvgIpc) is 2.37. The van der Waals surface area contributed by atoms with E-state index < -0.39 is 6.10 Å². The topological polar surface area (TPSA) is 49.8 Å². The van der Waals surface area contributed by atoms with Gasteiger partial charge in [-0.05, 0) is 24.5 Å². The lowest BCUT2D eigenvalue weighted by atomic mass is 10.0. The fraction of sp³-hybridized carbons (Fsp3) is 0.533. The first-order valence-electron chi connectivity index (χ1n) is 6.50. The Bertz CT molecular complexity index is 406. The third-order valence-electron chi connectivity index (χ3n) is 3.14. The number of ether oxygens (including phenoxy) is 1. The zero-order valence-corrected chi connectivity index (χ0v) is 11.9. The molecular formula is C15H23NO3. The smallest absolute Gasteiger partial charge is 0.222 e. The van der Waals surface area contributed by atoms with Crippen LogP contribution in [0.1, 0.15) is 17.5 Å². The number of hydrogen-bond donors (Lipinski definition) is 1. The lowest BCUT2D eigenvalue weighted by Crippen LogP contribution is -2.36. The number of hydrogen-bond acceptors (Lipinski definition) is 3. The molecule has 0 heterocycles. The molecule has 1 rings (SSSR count). The van der Waals surface area contributed by atoms with E-state index in [1.807, 2.05) is 31.2 Å². The van der Waals surface area contributed by atoms with Crippen molar-refractivity contribution in [3.63, 3.8) is 0 Å². The van der Waals surface area contributed by atoms with E-state index in [-0.39, 0.29) is 12.5 Å². The summed E-state index contributed by atoms with van der Waals surface area (Å²) in [6.07, 6.45) is 0.564. The molecule has 0 saturated carbocycles. The molecule has 0 radical (unpaired) electrons. The number of aryl methyl sites for hydroxylation is 2. The number of rotatable bonds is 7. The molecule has 1 amide bonds. The molecule has 4 heteroatoms. The van der Waals surface area contributed by atoms with Crippen LogP contribution in [0.25, 0.3) is 0 Å². The third-order valence-corrected chi connectivity index (χ3v) is 3.14. The molecule has 0 aliphatic rings. The highest BCUT2D eigenvalue weighted by Gasteiger charge is 2.13. The lowest BCUT2D eigenvalue weighted by molar-refractivity contribution is -0.131. The molecule has 0 spiro atoms. The molecule has 0 aromatic heterocycles. The normalized spacial score (nSPS) is 12.2. The first-order chi connectivity index (χ1) is 9.04. The van der Waals surface area contributed by atoms with E-state index in [9.17, 15) is 9.90 Å². The minimum Gasteiger partial charge on any atom is -0.389 e. The minimum absolute atomic E-state index is 0.0402. The van der Waals surface area contributed by atoms with Gasteiger partial charge in [-0.1, -0.05) is 24.3 Å². The number of aliphatic hydroxyl groups is 1. The van der Waals surface area contributed by atoms with Gasteiger partial charge in [0.25, 0.3) is 0 Å². The van der Waals surface area contributed by atoms with E-state index >= 15 is 0 Å². The molecule has 0 aliphatic carbocycles. The highest BCUT2D eigenvalue weighted by molar-refractivity contribution is 5.76. The summed E-state index contributed by atoms with van der Waals surface area (Å²) in [5.74, 6) is 0.0402. The van der Waals surface area contributed by atoms with Gasteiger partial charge in [0.1, 0.15) is 0 Å². The number of carbonyl (C=O) groups excluding carboxylic acids is 1. The molecule has 19 heavy (non-hydrogen) atoms. The van der Waals surface area contributed by atoms with E-state index in [0.29, 0.717) is 13.0 Å². The quantitative estimate of drug-likeness (QED) is 0.810. The van der Waals surface area contributed by atoms with Crippen molar-refractivity contribution in [2.75, 3.05) is 27.3 Å². The Labute approximate surface area is 115 Å². The average molecular weight is 265 g/mol. The van der Waals surface area contributed by atoms with Crippen LogP contribution in [0.15, 0.2) is 24.3 Å². The van der Waals surface area contributed by atoms with Crippen LogP contribution in [0.5, 0.6) is 0 Å². The second-order valence-corrected chi connectivity index (χ2v) is 4.81. The standard InChI is InChI=1S/C15H23NO3/c1-12-6-4-5-7-13(12)8-9-15(18)16(2)10-14(17)11-19-3/h4-7,14,17H,8-11H2,1-3H3. The zero-order chi connectivity index (χ0) is 14.3. The molecule has 0 saturated heterocycles. The van der Waals surface area contributed by atoms with Crippen LogP contribution in [-0.4, -0.2) is 49.3 Å². The fourth-order valence-corrected chi connectivity index (χ4v) is 1.99. The summed E-state index contributed by atoms with van der Waals surface area (Å²) in [5, 5.41) is 9.58. The Hall–Kier alpha value is -1.39. The van der Waals surface area contributed by atoms with Crippen molar-refractivity contribution >= 4 is 5.91 Å². The Morgan fingerprint density at radius 2 is 2.11 bits per heavy atom. The van der Waals surface area contributed by atoms with Crippen molar-refractivity contribution in [1.29, 1.82) is 0 Å². The third kappa shape index (κ3) is 5.41. The monoisotopic (exact) mass is 265 g/mol. The summed E-state index contributed by atoms with van der Waals surface area (Å²) >= 11 is 0. The maximum absolute atomic E-state index is 11.9. The Kier molecular flexibility index (Phi) is 6.53. The van der Waals surface area contributed by atoms with Gasteiger partial charge in [-0.2, -0.15) is 0 Å². The first kappa shape index (κ1) is 15.7. The van der Waals surface area contributed by atoms with E-state index in [0.717, 1.165) is 6.42 Å². The molecule has 4 nitrogen and oxygen atoms in total. The summed E-state index contributed by atoms with van der Waals surface area (Å²) in [6, 6.07) is 8.07. The van der Waals surface area contributed by atoms with Gasteiger partial charge in [0.15, 0.2) is 0 Å². The highest BCUT2D eigenvalue weighted by atomic mass is 16.5. The van der Waals surface area contributed by atoms with Crippen LogP contribution in [-0.2, 0) is 16.0 Å². The SMILES string of the molecule is COCC(O)CN(C)C(=O)CCc1ccccc1C. The first-order valence-corrected chi connectivity index (χ1v) is 6.50. The highest BCUT2D eigenvalue weighted by Crippen LogP contribution is 2.10. The van der Waals surface area contributed by atoms with E-state index in [1.54, 1.807) is 11.9 Å². The molecular weight excluding hydrogens is 242 g/mol. The second kappa shape index (κ2) is 7.92. The summed E-state index contributed by atoms with van der Waals surface area (Å²) in [4.78, 5) is 13.5. The van der Waals surface area contributed by atoms with Crippen molar-refractivity contribution < 1.29 is 14.6 Å². The lowest BCUT2D eigenvalue weighted by Gasteiger charge is -2.20. The molecule has 0 aliphatic heterocycles. The zero-order valence-electron chi connectivity index (χ0n) is 11.9. The van der Waals surface area contributed by atoms with Gasteiger partial charge in [0.05, 0.1) is 12.7 Å². The molecule has 1 N–H and O–H groups in total. The van der Waals surface area contributed by atoms with Crippen molar-refractivity contribution in [3.8, 4) is 0 Å². The van der Waals surface area contributed by atoms with Gasteiger partial charge in [-0.3, -0.25) is 4.79 Å². The molecule has 106 valence electrons. The summed E-state index contributed by atoms with van der Waals surface area (Å²) in [7, 11) is 3.24. The van der Waals surface area contributed by atoms with Crippen molar-refractivity contribution in [2.45, 2.75) is 25.9 Å². The predicted molar refractivity (Wildman–Crippen MR) is 75.0 cm³/mol. The van der Waals surface area contributed by atoms with E-state index in [1.165, 1.54) is 18.2 Å². The van der Waals surface area contributed by atoms with Crippen LogP contribution < -0.4 is 0 Å². The number of likely N-dealkylation sites (N-methyl/N-ethyl adjacent to an activating group) is 1. The number of benzene rings is 1. The summed E-state index contributed by atoms with van der Waals surface area (Å²) < 4.78 is 4.84. The molecule has 1 aromatic rings. The molecule has 1 unspecified atom stereocenters. The van der Waals surface area contributed by atoms with Gasteiger partial charge in [-0.25, -0.2) is 0 Å². The van der Waals surface area contributed by atoms with Crippen molar-refractivity contribution in [3.05, 3.63) is 35.4 Å². The largest absolute Gasteiger partial charge is 0.389 e. The Morgan fingerprint density at radius 3 is 2.74 bits per heavy atom. The summed E-state index contributed by atoms with van der Waals surface area (Å²) in [6.45, 7) is 2.60. The number of carbonyl (C=O) groups is 1. The van der Waals surface area contributed by atoms with Gasteiger partial charge >= 0.3 is 0 Å². The van der Waals surface area contributed by atoms with Crippen LogP contribution >= 0.6 is 0 Å². The molecule has 0 fully saturated rings. The van der Waals surface area contributed by atoms with Crippen LogP contribution in [0, 0.1) is 6.92 Å². The number of amides is 1. The minimum atomic E-state index is -0.627. The number of aliphatic hydroxyl groups excluding tert-OH is 1. The Balaban J connectivity index is 2.40. The second-order valence-electron chi connectivity index (χ2n) is 4.81. The predicted octanol–water partition coefficient (Wildman–Crippen LogP) is 1.39. The van der Waals surface area contributed by atoms with Crippen molar-refractivity contribution in [2.24, 2.45) is 0 Å². The van der Waals surface area contributed by atoms with Crippen molar-refractivity contribution in [1.82, 2.24) is 4.90 Å². The van der Waals surface area contributed by atoms with Gasteiger partial charge in [0, 0.05) is 27.1 Å². The number of methoxy groups -OCH3 is 1. The molecule has 1 atom stereocenters. The molecule has 0 bridgehead atoms. The van der Waals surface area contributed by atoms with Gasteiger partial charge in [-0.15, -0.1) is 0 Å². The van der Waals surface area contributed by atoms with Crippen LogP contribution in [0.4, 0.5) is 0 Å². The fourth-order valence-electron chi connectivity index (χ4n) is 1.99. The maximum Gasteiger partial charge on any atom is 0.222 e. The van der Waals surface area contributed by atoms with Crippen LogP contribution in [0.2, 0.25) is 0 Å². The van der Waals surface area contributed by atoms with E-state index in [4.69, 9.17) is 4.74 Å².